The summed E-state index contributed by atoms with van der Waals surface area (Å²) < 4.78 is 12.6. The monoisotopic (exact) mass is 327 g/mol. The van der Waals surface area contributed by atoms with Crippen LogP contribution < -0.4 is 4.74 Å². The lowest BCUT2D eigenvalue weighted by atomic mass is 10.2. The van der Waals surface area contributed by atoms with Gasteiger partial charge in [0.15, 0.2) is 12.3 Å². The van der Waals surface area contributed by atoms with Crippen molar-refractivity contribution in [3.05, 3.63) is 59.8 Å². The lowest BCUT2D eigenvalue weighted by Crippen LogP contribution is -1.95. The average molecular weight is 328 g/mol. The van der Waals surface area contributed by atoms with E-state index in [2.05, 4.69) is 20.3 Å². The summed E-state index contributed by atoms with van der Waals surface area (Å²) in [6.45, 7) is 0.182. The fourth-order valence-electron chi connectivity index (χ4n) is 2.06. The predicted octanol–water partition coefficient (Wildman–Crippen LogP) is 3.01. The molecule has 0 saturated carbocycles. The van der Waals surface area contributed by atoms with Crippen LogP contribution in [0.2, 0.25) is 5.02 Å². The molecular weight excluding hydrogens is 318 g/mol. The molecule has 0 aliphatic carbocycles. The Morgan fingerprint density at radius 1 is 1.17 bits per heavy atom. The molecule has 23 heavy (non-hydrogen) atoms. The van der Waals surface area contributed by atoms with Crippen molar-refractivity contribution in [3.8, 4) is 17.1 Å². The number of aromatic nitrogens is 5. The van der Waals surface area contributed by atoms with Gasteiger partial charge in [-0.25, -0.2) is 0 Å². The van der Waals surface area contributed by atoms with E-state index in [0.29, 0.717) is 28.1 Å². The first-order chi connectivity index (χ1) is 11.3. The highest BCUT2D eigenvalue weighted by molar-refractivity contribution is 6.30. The molecule has 0 radical (unpaired) electrons. The lowest BCUT2D eigenvalue weighted by molar-refractivity contribution is 0.243. The predicted molar refractivity (Wildman–Crippen MR) is 82.1 cm³/mol. The van der Waals surface area contributed by atoms with Crippen molar-refractivity contribution >= 4 is 17.2 Å². The van der Waals surface area contributed by atoms with Gasteiger partial charge in [0, 0.05) is 16.8 Å². The Kier molecular flexibility index (Phi) is 3.39. The summed E-state index contributed by atoms with van der Waals surface area (Å²) in [5, 5.41) is 12.4. The molecule has 0 aliphatic heterocycles. The number of benzene rings is 1. The van der Waals surface area contributed by atoms with Crippen LogP contribution in [0.4, 0.5) is 0 Å². The Labute approximate surface area is 135 Å². The van der Waals surface area contributed by atoms with Crippen LogP contribution in [0.15, 0.2) is 53.4 Å². The third-order valence-electron chi connectivity index (χ3n) is 3.20. The molecule has 114 valence electrons. The smallest absolute Gasteiger partial charge is 0.264 e. The minimum Gasteiger partial charge on any atom is -0.484 e. The van der Waals surface area contributed by atoms with Crippen LogP contribution in [0.1, 0.15) is 5.89 Å². The molecule has 4 aromatic rings. The quantitative estimate of drug-likeness (QED) is 0.573. The number of ether oxygens (including phenoxy) is 1. The van der Waals surface area contributed by atoms with E-state index in [4.69, 9.17) is 20.9 Å². The summed E-state index contributed by atoms with van der Waals surface area (Å²) in [6, 6.07) is 10.8. The van der Waals surface area contributed by atoms with Gasteiger partial charge in [-0.05, 0) is 36.4 Å². The Morgan fingerprint density at radius 3 is 2.91 bits per heavy atom. The second-order valence-corrected chi connectivity index (χ2v) is 5.20. The molecule has 0 unspecified atom stereocenters. The number of nitrogens with zero attached hydrogens (tertiary/aromatic N) is 5. The van der Waals surface area contributed by atoms with E-state index in [1.807, 2.05) is 18.3 Å². The molecule has 0 amide bonds. The maximum atomic E-state index is 5.83. The van der Waals surface area contributed by atoms with Gasteiger partial charge in [0.2, 0.25) is 5.82 Å². The molecule has 0 fully saturated rings. The molecule has 3 aromatic heterocycles. The van der Waals surface area contributed by atoms with Crippen molar-refractivity contribution in [1.29, 1.82) is 0 Å². The van der Waals surface area contributed by atoms with Gasteiger partial charge >= 0.3 is 0 Å². The summed E-state index contributed by atoms with van der Waals surface area (Å²) >= 11 is 5.83. The fourth-order valence-corrected chi connectivity index (χ4v) is 2.19. The molecule has 7 nitrogen and oxygen atoms in total. The number of hydrogen-bond acceptors (Lipinski definition) is 6. The van der Waals surface area contributed by atoms with Crippen molar-refractivity contribution < 1.29 is 9.26 Å². The number of pyridine rings is 1. The van der Waals surface area contributed by atoms with Gasteiger partial charge in [0.1, 0.15) is 12.1 Å². The van der Waals surface area contributed by atoms with Crippen molar-refractivity contribution in [2.75, 3.05) is 0 Å². The molecule has 4 rings (SSSR count). The topological polar surface area (TPSA) is 78.3 Å². The Bertz CT molecular complexity index is 948. The van der Waals surface area contributed by atoms with Gasteiger partial charge in [0.05, 0.1) is 0 Å². The van der Waals surface area contributed by atoms with Crippen molar-refractivity contribution in [1.82, 2.24) is 24.7 Å². The molecule has 0 spiro atoms. The zero-order valence-corrected chi connectivity index (χ0v) is 12.5. The number of halogens is 1. The zero-order chi connectivity index (χ0) is 15.6. The molecule has 0 atom stereocenters. The van der Waals surface area contributed by atoms with Crippen molar-refractivity contribution in [2.24, 2.45) is 0 Å². The minimum absolute atomic E-state index is 0.182. The van der Waals surface area contributed by atoms with Crippen LogP contribution in [0, 0.1) is 0 Å². The van der Waals surface area contributed by atoms with E-state index in [-0.39, 0.29) is 6.61 Å². The average Bonchev–Trinajstić information content (AvgIpc) is 3.22. The van der Waals surface area contributed by atoms with Gasteiger partial charge < -0.3 is 9.26 Å². The number of rotatable bonds is 4. The van der Waals surface area contributed by atoms with Crippen LogP contribution in [0.5, 0.6) is 5.75 Å². The van der Waals surface area contributed by atoms with Gasteiger partial charge in [-0.15, -0.1) is 10.2 Å². The number of hydrogen-bond donors (Lipinski definition) is 0. The van der Waals surface area contributed by atoms with E-state index in [0.717, 1.165) is 5.56 Å². The summed E-state index contributed by atoms with van der Waals surface area (Å²) in [6.07, 6.45) is 3.46. The van der Waals surface area contributed by atoms with E-state index in [9.17, 15) is 0 Å². The van der Waals surface area contributed by atoms with Gasteiger partial charge in [-0.1, -0.05) is 16.8 Å². The van der Waals surface area contributed by atoms with Gasteiger partial charge in [0.25, 0.3) is 5.89 Å². The minimum atomic E-state index is 0.182. The first-order valence-corrected chi connectivity index (χ1v) is 7.16. The highest BCUT2D eigenvalue weighted by Gasteiger charge is 2.10. The normalized spacial score (nSPS) is 11.0. The van der Waals surface area contributed by atoms with Gasteiger partial charge in [-0.2, -0.15) is 4.98 Å². The summed E-state index contributed by atoms with van der Waals surface area (Å²) in [5.41, 5.74) is 1.51. The summed E-state index contributed by atoms with van der Waals surface area (Å²) in [7, 11) is 0. The third kappa shape index (κ3) is 2.86. The largest absolute Gasteiger partial charge is 0.484 e. The van der Waals surface area contributed by atoms with Crippen LogP contribution in [-0.2, 0) is 6.61 Å². The standard InChI is InChI=1S/C15H10ClN5O2/c16-11-1-3-12(4-2-11)22-8-14-18-15(20-23-14)10-5-6-21-9-17-19-13(21)7-10/h1-7,9H,8H2. The third-order valence-corrected chi connectivity index (χ3v) is 3.45. The summed E-state index contributed by atoms with van der Waals surface area (Å²) in [4.78, 5) is 4.32. The molecular formula is C15H10ClN5O2. The molecule has 0 bridgehead atoms. The highest BCUT2D eigenvalue weighted by Crippen LogP contribution is 2.19. The van der Waals surface area contributed by atoms with E-state index in [1.54, 1.807) is 35.0 Å². The molecule has 0 aliphatic rings. The van der Waals surface area contributed by atoms with Crippen LogP contribution in [0.25, 0.3) is 17.0 Å². The van der Waals surface area contributed by atoms with Crippen LogP contribution in [0.3, 0.4) is 0 Å². The van der Waals surface area contributed by atoms with Crippen molar-refractivity contribution in [2.45, 2.75) is 6.61 Å². The molecule has 0 saturated heterocycles. The first kappa shape index (κ1) is 13.7. The Morgan fingerprint density at radius 2 is 2.04 bits per heavy atom. The maximum absolute atomic E-state index is 5.83. The summed E-state index contributed by atoms with van der Waals surface area (Å²) in [5.74, 6) is 1.54. The van der Waals surface area contributed by atoms with Crippen molar-refractivity contribution in [3.63, 3.8) is 0 Å². The lowest BCUT2D eigenvalue weighted by Gasteiger charge is -2.02. The van der Waals surface area contributed by atoms with Crippen LogP contribution in [-0.4, -0.2) is 24.7 Å². The van der Waals surface area contributed by atoms with E-state index >= 15 is 0 Å². The Balaban J connectivity index is 1.50. The van der Waals surface area contributed by atoms with E-state index in [1.165, 1.54) is 0 Å². The van der Waals surface area contributed by atoms with Crippen LogP contribution >= 0.6 is 11.6 Å². The molecule has 3 heterocycles. The second-order valence-electron chi connectivity index (χ2n) is 4.77. The SMILES string of the molecule is Clc1ccc(OCc2nc(-c3ccn4cnnc4c3)no2)cc1. The molecule has 1 aromatic carbocycles. The first-order valence-electron chi connectivity index (χ1n) is 6.79. The van der Waals surface area contributed by atoms with Gasteiger partial charge in [-0.3, -0.25) is 4.40 Å². The maximum Gasteiger partial charge on any atom is 0.264 e. The molecule has 0 N–H and O–H groups in total. The number of fused-ring (bicyclic) bond motifs is 1. The highest BCUT2D eigenvalue weighted by atomic mass is 35.5. The fraction of sp³-hybridized carbons (Fsp3) is 0.0667. The Hall–Kier alpha value is -2.93. The molecule has 8 heteroatoms. The van der Waals surface area contributed by atoms with E-state index < -0.39 is 0 Å². The zero-order valence-electron chi connectivity index (χ0n) is 11.8. The second kappa shape index (κ2) is 5.69.